The molecular formula is C17H14ClN3O2S. The summed E-state index contributed by atoms with van der Waals surface area (Å²) >= 11 is 7.63. The van der Waals surface area contributed by atoms with Gasteiger partial charge in [0.1, 0.15) is 5.82 Å². The van der Waals surface area contributed by atoms with Crippen LogP contribution >= 0.6 is 23.4 Å². The van der Waals surface area contributed by atoms with Gasteiger partial charge in [0.2, 0.25) is 6.79 Å². The Labute approximate surface area is 148 Å². The third kappa shape index (κ3) is 2.95. The highest BCUT2D eigenvalue weighted by Crippen LogP contribution is 2.33. The maximum atomic E-state index is 6.13. The fraction of sp³-hybridized carbons (Fsp3) is 0.176. The predicted molar refractivity (Wildman–Crippen MR) is 96.2 cm³/mol. The van der Waals surface area contributed by atoms with E-state index in [9.17, 15) is 0 Å². The number of ether oxygens (including phenoxy) is 2. The topological polar surface area (TPSA) is 56.3 Å². The van der Waals surface area contributed by atoms with Crippen molar-refractivity contribution in [3.05, 3.63) is 47.0 Å². The normalized spacial score (nSPS) is 12.6. The van der Waals surface area contributed by atoms with Crippen molar-refractivity contribution in [2.24, 2.45) is 0 Å². The van der Waals surface area contributed by atoms with E-state index in [-0.39, 0.29) is 6.79 Å². The summed E-state index contributed by atoms with van der Waals surface area (Å²) in [6, 6.07) is 11.5. The van der Waals surface area contributed by atoms with Gasteiger partial charge in [-0.25, -0.2) is 9.97 Å². The second-order valence-corrected chi connectivity index (χ2v) is 6.47. The van der Waals surface area contributed by atoms with Gasteiger partial charge in [-0.2, -0.15) is 0 Å². The zero-order valence-corrected chi connectivity index (χ0v) is 14.4. The van der Waals surface area contributed by atoms with Crippen LogP contribution in [0.15, 0.2) is 41.6 Å². The average Bonchev–Trinajstić information content (AvgIpc) is 3.07. The van der Waals surface area contributed by atoms with Gasteiger partial charge < -0.3 is 14.8 Å². The predicted octanol–water partition coefficient (Wildman–Crippen LogP) is 4.35. The molecule has 0 saturated carbocycles. The van der Waals surface area contributed by atoms with E-state index >= 15 is 0 Å². The molecule has 1 aliphatic rings. The highest BCUT2D eigenvalue weighted by atomic mass is 35.5. The van der Waals surface area contributed by atoms with Crippen LogP contribution in [0.4, 0.5) is 5.82 Å². The van der Waals surface area contributed by atoms with Crippen LogP contribution in [0.5, 0.6) is 11.5 Å². The number of nitrogens with one attached hydrogen (secondary N) is 1. The molecule has 2 aromatic carbocycles. The number of hydrogen-bond donors (Lipinski definition) is 1. The molecule has 2 heterocycles. The van der Waals surface area contributed by atoms with E-state index in [2.05, 4.69) is 15.3 Å². The molecule has 5 nitrogen and oxygen atoms in total. The van der Waals surface area contributed by atoms with Gasteiger partial charge in [-0.15, -0.1) is 0 Å². The number of aromatic nitrogens is 2. The Morgan fingerprint density at radius 2 is 2.00 bits per heavy atom. The van der Waals surface area contributed by atoms with E-state index in [0.717, 1.165) is 38.9 Å². The van der Waals surface area contributed by atoms with Crippen LogP contribution in [0.1, 0.15) is 5.56 Å². The SMILES string of the molecule is CSc1nc(NCc2ccc3c(c2)OCO3)c2cc(Cl)ccc2n1. The summed E-state index contributed by atoms with van der Waals surface area (Å²) in [6.07, 6.45) is 1.96. The van der Waals surface area contributed by atoms with Crippen LogP contribution in [0, 0.1) is 0 Å². The molecule has 1 aliphatic heterocycles. The summed E-state index contributed by atoms with van der Waals surface area (Å²) in [4.78, 5) is 9.09. The second-order valence-electron chi connectivity index (χ2n) is 5.26. The first-order chi connectivity index (χ1) is 11.7. The van der Waals surface area contributed by atoms with Crippen LogP contribution < -0.4 is 14.8 Å². The quantitative estimate of drug-likeness (QED) is 0.552. The summed E-state index contributed by atoms with van der Waals surface area (Å²) in [6.45, 7) is 0.890. The third-order valence-corrected chi connectivity index (χ3v) is 4.50. The van der Waals surface area contributed by atoms with Crippen LogP contribution in [0.25, 0.3) is 10.9 Å². The smallest absolute Gasteiger partial charge is 0.231 e. The van der Waals surface area contributed by atoms with Crippen molar-refractivity contribution in [3.63, 3.8) is 0 Å². The fourth-order valence-electron chi connectivity index (χ4n) is 2.54. The third-order valence-electron chi connectivity index (χ3n) is 3.72. The Hall–Kier alpha value is -2.18. The molecule has 0 spiro atoms. The molecule has 7 heteroatoms. The van der Waals surface area contributed by atoms with Crippen molar-refractivity contribution < 1.29 is 9.47 Å². The lowest BCUT2D eigenvalue weighted by atomic mass is 10.2. The van der Waals surface area contributed by atoms with Crippen molar-refractivity contribution in [2.75, 3.05) is 18.4 Å². The number of benzene rings is 2. The first kappa shape index (κ1) is 15.4. The molecule has 1 N–H and O–H groups in total. The Kier molecular flexibility index (Phi) is 4.08. The van der Waals surface area contributed by atoms with Gasteiger partial charge in [-0.3, -0.25) is 0 Å². The summed E-state index contributed by atoms with van der Waals surface area (Å²) in [5, 5.41) is 5.66. The minimum atomic E-state index is 0.276. The first-order valence-electron chi connectivity index (χ1n) is 7.36. The summed E-state index contributed by atoms with van der Waals surface area (Å²) < 4.78 is 10.8. The lowest BCUT2D eigenvalue weighted by Gasteiger charge is -2.11. The number of nitrogens with zero attached hydrogens (tertiary/aromatic N) is 2. The van der Waals surface area contributed by atoms with E-state index in [1.807, 2.05) is 42.7 Å². The van der Waals surface area contributed by atoms with Crippen molar-refractivity contribution in [1.29, 1.82) is 0 Å². The van der Waals surface area contributed by atoms with Crippen molar-refractivity contribution >= 4 is 40.1 Å². The number of halogens is 1. The molecule has 0 atom stereocenters. The van der Waals surface area contributed by atoms with Crippen molar-refractivity contribution in [2.45, 2.75) is 11.7 Å². The molecule has 4 rings (SSSR count). The number of hydrogen-bond acceptors (Lipinski definition) is 6. The maximum Gasteiger partial charge on any atom is 0.231 e. The Balaban J connectivity index is 1.65. The van der Waals surface area contributed by atoms with E-state index in [1.54, 1.807) is 0 Å². The number of rotatable bonds is 4. The highest BCUT2D eigenvalue weighted by Gasteiger charge is 2.14. The van der Waals surface area contributed by atoms with Crippen LogP contribution in [-0.2, 0) is 6.54 Å². The summed E-state index contributed by atoms with van der Waals surface area (Å²) in [5.74, 6) is 2.32. The first-order valence-corrected chi connectivity index (χ1v) is 8.97. The number of fused-ring (bicyclic) bond motifs is 2. The zero-order chi connectivity index (χ0) is 16.5. The lowest BCUT2D eigenvalue weighted by molar-refractivity contribution is 0.174. The van der Waals surface area contributed by atoms with Crippen LogP contribution in [0.3, 0.4) is 0 Å². The molecule has 0 amide bonds. The minimum absolute atomic E-state index is 0.276. The van der Waals surface area contributed by atoms with Crippen LogP contribution in [0.2, 0.25) is 5.02 Å². The van der Waals surface area contributed by atoms with Gasteiger partial charge in [0.05, 0.1) is 5.52 Å². The van der Waals surface area contributed by atoms with Gasteiger partial charge in [-0.1, -0.05) is 29.4 Å². The molecule has 1 aromatic heterocycles. The van der Waals surface area contributed by atoms with Gasteiger partial charge in [0, 0.05) is 17.0 Å². The van der Waals surface area contributed by atoms with Crippen LogP contribution in [-0.4, -0.2) is 23.0 Å². The zero-order valence-electron chi connectivity index (χ0n) is 12.9. The molecule has 0 radical (unpaired) electrons. The average molecular weight is 360 g/mol. The molecule has 24 heavy (non-hydrogen) atoms. The Bertz CT molecular complexity index is 920. The van der Waals surface area contributed by atoms with Crippen molar-refractivity contribution in [1.82, 2.24) is 9.97 Å². The van der Waals surface area contributed by atoms with Crippen molar-refractivity contribution in [3.8, 4) is 11.5 Å². The minimum Gasteiger partial charge on any atom is -0.454 e. The summed E-state index contributed by atoms with van der Waals surface area (Å²) in [7, 11) is 0. The molecule has 0 bridgehead atoms. The second kappa shape index (κ2) is 6.37. The molecule has 0 fully saturated rings. The molecule has 3 aromatic rings. The molecular weight excluding hydrogens is 346 g/mol. The largest absolute Gasteiger partial charge is 0.454 e. The Morgan fingerprint density at radius 1 is 1.12 bits per heavy atom. The molecule has 122 valence electrons. The molecule has 0 saturated heterocycles. The number of anilines is 1. The highest BCUT2D eigenvalue weighted by molar-refractivity contribution is 7.98. The van der Waals surface area contributed by atoms with E-state index < -0.39 is 0 Å². The van der Waals surface area contributed by atoms with E-state index in [1.165, 1.54) is 11.8 Å². The Morgan fingerprint density at radius 3 is 2.88 bits per heavy atom. The lowest BCUT2D eigenvalue weighted by Crippen LogP contribution is -2.04. The monoisotopic (exact) mass is 359 g/mol. The molecule has 0 aliphatic carbocycles. The van der Waals surface area contributed by atoms with Gasteiger partial charge >= 0.3 is 0 Å². The fourth-order valence-corrected chi connectivity index (χ4v) is 3.09. The van der Waals surface area contributed by atoms with Gasteiger partial charge in [-0.05, 0) is 42.2 Å². The van der Waals surface area contributed by atoms with E-state index in [4.69, 9.17) is 21.1 Å². The van der Waals surface area contributed by atoms with Gasteiger partial charge in [0.25, 0.3) is 0 Å². The standard InChI is InChI=1S/C17H14ClN3O2S/c1-24-17-20-13-4-3-11(18)7-12(13)16(21-17)19-8-10-2-5-14-15(6-10)23-9-22-14/h2-7H,8-9H2,1H3,(H,19,20,21). The van der Waals surface area contributed by atoms with Gasteiger partial charge in [0.15, 0.2) is 16.7 Å². The maximum absolute atomic E-state index is 6.13. The summed E-state index contributed by atoms with van der Waals surface area (Å²) in [5.41, 5.74) is 1.95. The van der Waals surface area contributed by atoms with E-state index in [0.29, 0.717) is 11.6 Å². The molecule has 0 unspecified atom stereocenters. The number of thioether (sulfide) groups is 1.